The van der Waals surface area contributed by atoms with Crippen LogP contribution in [-0.2, 0) is 6.61 Å². The van der Waals surface area contributed by atoms with E-state index in [0.717, 1.165) is 0 Å². The first-order valence-corrected chi connectivity index (χ1v) is 9.37. The number of rotatable bonds is 6. The lowest BCUT2D eigenvalue weighted by Crippen LogP contribution is -2.17. The second-order valence-corrected chi connectivity index (χ2v) is 6.78. The molecule has 152 valence electrons. The molecule has 0 fully saturated rings. The fraction of sp³-hybridized carbons (Fsp3) is 0.0952. The van der Waals surface area contributed by atoms with Gasteiger partial charge in [-0.2, -0.15) is 0 Å². The van der Waals surface area contributed by atoms with Gasteiger partial charge in [-0.25, -0.2) is 9.97 Å². The topological polar surface area (TPSA) is 110 Å². The van der Waals surface area contributed by atoms with Gasteiger partial charge in [-0.1, -0.05) is 17.7 Å². The molecule has 0 aliphatic heterocycles. The first kappa shape index (κ1) is 19.7. The average molecular weight is 425 g/mol. The highest BCUT2D eigenvalue weighted by Gasteiger charge is 2.13. The van der Waals surface area contributed by atoms with E-state index in [-0.39, 0.29) is 17.4 Å². The van der Waals surface area contributed by atoms with Gasteiger partial charge in [0.05, 0.1) is 21.6 Å². The van der Waals surface area contributed by atoms with E-state index < -0.39 is 12.5 Å². The Morgan fingerprint density at radius 2 is 2.03 bits per heavy atom. The summed E-state index contributed by atoms with van der Waals surface area (Å²) in [6.45, 7) is -0.482. The normalized spacial score (nSPS) is 10.9. The van der Waals surface area contributed by atoms with Crippen LogP contribution in [0.1, 0.15) is 10.5 Å². The zero-order valence-corrected chi connectivity index (χ0v) is 16.4. The summed E-state index contributed by atoms with van der Waals surface area (Å²) in [6, 6.07) is 13.6. The third-order valence-corrected chi connectivity index (χ3v) is 4.75. The van der Waals surface area contributed by atoms with Gasteiger partial charge in [-0.15, -0.1) is 0 Å². The molecule has 2 aromatic heterocycles. The van der Waals surface area contributed by atoms with Crippen molar-refractivity contribution in [2.45, 2.75) is 6.61 Å². The molecule has 0 spiro atoms. The molecule has 0 aliphatic rings. The van der Waals surface area contributed by atoms with E-state index >= 15 is 0 Å². The number of hydrogen-bond donors (Lipinski definition) is 3. The highest BCUT2D eigenvalue weighted by atomic mass is 35.5. The molecule has 3 N–H and O–H groups in total. The molecular formula is C21H17ClN4O4. The number of carbonyl (C=O) groups excluding carboxylic acids is 1. The van der Waals surface area contributed by atoms with E-state index in [0.29, 0.717) is 33.9 Å². The van der Waals surface area contributed by atoms with E-state index in [1.54, 1.807) is 36.5 Å². The zero-order chi connectivity index (χ0) is 21.1. The van der Waals surface area contributed by atoms with Crippen LogP contribution in [-0.4, -0.2) is 37.3 Å². The molecule has 0 radical (unpaired) electrons. The van der Waals surface area contributed by atoms with Gasteiger partial charge in [-0.05, 0) is 42.5 Å². The smallest absolute Gasteiger partial charge is 0.256 e. The molecule has 0 bridgehead atoms. The number of nitrogens with one attached hydrogen (secondary N) is 1. The molecule has 0 aliphatic carbocycles. The van der Waals surface area contributed by atoms with Gasteiger partial charge in [0.2, 0.25) is 0 Å². The number of phenols is 1. The monoisotopic (exact) mass is 424 g/mol. The van der Waals surface area contributed by atoms with Crippen molar-refractivity contribution in [3.8, 4) is 11.5 Å². The SMILES string of the molecule is O=C(CO)n1cccc1COc1cccc2ncnc(Nc3ccc(O)c(Cl)c3)c12. The van der Waals surface area contributed by atoms with Crippen LogP contribution in [0.25, 0.3) is 10.9 Å². The molecule has 2 heterocycles. The van der Waals surface area contributed by atoms with Gasteiger partial charge in [0, 0.05) is 11.9 Å². The Balaban J connectivity index is 1.66. The number of anilines is 2. The standard InChI is InChI=1S/C21H17ClN4O4/c22-15-9-13(6-7-17(15)28)25-21-20-16(23-12-24-21)4-1-5-18(20)30-11-14-3-2-8-26(14)19(29)10-27/h1-9,12,27-28H,10-11H2,(H,23,24,25). The number of aliphatic hydroxyl groups is 1. The summed E-state index contributed by atoms with van der Waals surface area (Å²) in [5.41, 5.74) is 1.90. The second-order valence-electron chi connectivity index (χ2n) is 6.37. The lowest BCUT2D eigenvalue weighted by Gasteiger charge is -2.14. The molecule has 0 atom stereocenters. The number of halogens is 1. The summed E-state index contributed by atoms with van der Waals surface area (Å²) in [5, 5.41) is 22.8. The summed E-state index contributed by atoms with van der Waals surface area (Å²) in [4.78, 5) is 20.4. The summed E-state index contributed by atoms with van der Waals surface area (Å²) in [7, 11) is 0. The Bertz CT molecular complexity index is 1220. The Kier molecular flexibility index (Phi) is 5.51. The predicted octanol–water partition coefficient (Wildman–Crippen LogP) is 3.75. The summed E-state index contributed by atoms with van der Waals surface area (Å²) >= 11 is 5.99. The van der Waals surface area contributed by atoms with E-state index in [4.69, 9.17) is 21.4 Å². The molecule has 0 saturated carbocycles. The van der Waals surface area contributed by atoms with Gasteiger partial charge in [0.15, 0.2) is 0 Å². The van der Waals surface area contributed by atoms with Crippen LogP contribution in [0.15, 0.2) is 61.1 Å². The molecule has 0 amide bonds. The Hall–Kier alpha value is -3.62. The van der Waals surface area contributed by atoms with Gasteiger partial charge in [-0.3, -0.25) is 9.36 Å². The fourth-order valence-electron chi connectivity index (χ4n) is 3.02. The highest BCUT2D eigenvalue weighted by Crippen LogP contribution is 2.33. The molecule has 0 unspecified atom stereocenters. The molecule has 9 heteroatoms. The third kappa shape index (κ3) is 3.91. The largest absolute Gasteiger partial charge is 0.506 e. The molecular weight excluding hydrogens is 408 g/mol. The minimum Gasteiger partial charge on any atom is -0.506 e. The number of carbonyl (C=O) groups is 1. The summed E-state index contributed by atoms with van der Waals surface area (Å²) in [6.07, 6.45) is 3.01. The average Bonchev–Trinajstić information content (AvgIpc) is 3.23. The van der Waals surface area contributed by atoms with Gasteiger partial charge in [0.25, 0.3) is 5.91 Å². The number of nitrogens with zero attached hydrogens (tertiary/aromatic N) is 3. The fourth-order valence-corrected chi connectivity index (χ4v) is 3.20. The first-order valence-electron chi connectivity index (χ1n) is 8.99. The molecule has 30 heavy (non-hydrogen) atoms. The molecule has 4 rings (SSSR count). The number of benzene rings is 2. The summed E-state index contributed by atoms with van der Waals surface area (Å²) in [5.74, 6) is 0.564. The minimum absolute atomic E-state index is 0.0146. The molecule has 8 nitrogen and oxygen atoms in total. The van der Waals surface area contributed by atoms with Gasteiger partial charge in [0.1, 0.15) is 36.9 Å². The van der Waals surface area contributed by atoms with Crippen molar-refractivity contribution in [1.82, 2.24) is 14.5 Å². The van der Waals surface area contributed by atoms with E-state index in [1.165, 1.54) is 17.0 Å². The quantitative estimate of drug-likeness (QED) is 0.404. The van der Waals surface area contributed by atoms with E-state index in [9.17, 15) is 9.90 Å². The summed E-state index contributed by atoms with van der Waals surface area (Å²) < 4.78 is 7.33. The lowest BCUT2D eigenvalue weighted by molar-refractivity contribution is 0.0811. The second kappa shape index (κ2) is 8.40. The van der Waals surface area contributed by atoms with E-state index in [2.05, 4.69) is 15.3 Å². The number of phenolic OH excluding ortho intramolecular Hbond substituents is 1. The van der Waals surface area contributed by atoms with Crippen LogP contribution in [0.3, 0.4) is 0 Å². The number of ether oxygens (including phenoxy) is 1. The number of aromatic hydroxyl groups is 1. The van der Waals surface area contributed by atoms with Crippen molar-refractivity contribution in [3.63, 3.8) is 0 Å². The lowest BCUT2D eigenvalue weighted by atomic mass is 10.2. The van der Waals surface area contributed by atoms with Crippen LogP contribution >= 0.6 is 11.6 Å². The molecule has 0 saturated heterocycles. The zero-order valence-electron chi connectivity index (χ0n) is 15.6. The van der Waals surface area contributed by atoms with Crippen molar-refractivity contribution in [2.24, 2.45) is 0 Å². The number of aromatic nitrogens is 3. The van der Waals surface area contributed by atoms with Crippen LogP contribution in [0.2, 0.25) is 5.02 Å². The first-order chi connectivity index (χ1) is 14.6. The van der Waals surface area contributed by atoms with Crippen molar-refractivity contribution in [1.29, 1.82) is 0 Å². The Morgan fingerprint density at radius 3 is 2.83 bits per heavy atom. The van der Waals surface area contributed by atoms with Crippen molar-refractivity contribution in [2.75, 3.05) is 11.9 Å². The third-order valence-electron chi connectivity index (χ3n) is 4.45. The highest BCUT2D eigenvalue weighted by molar-refractivity contribution is 6.32. The van der Waals surface area contributed by atoms with Crippen LogP contribution in [0.4, 0.5) is 11.5 Å². The Morgan fingerprint density at radius 1 is 1.17 bits per heavy atom. The van der Waals surface area contributed by atoms with Crippen LogP contribution in [0, 0.1) is 0 Å². The van der Waals surface area contributed by atoms with Gasteiger partial charge < -0.3 is 20.3 Å². The van der Waals surface area contributed by atoms with Crippen LogP contribution < -0.4 is 10.1 Å². The number of aliphatic hydroxyl groups excluding tert-OH is 1. The van der Waals surface area contributed by atoms with Crippen molar-refractivity contribution >= 4 is 39.9 Å². The van der Waals surface area contributed by atoms with Gasteiger partial charge >= 0.3 is 0 Å². The maximum absolute atomic E-state index is 11.8. The maximum atomic E-state index is 11.8. The van der Waals surface area contributed by atoms with Crippen molar-refractivity contribution in [3.05, 3.63) is 71.8 Å². The molecule has 2 aromatic carbocycles. The Labute approximate surface area is 176 Å². The minimum atomic E-state index is -0.590. The maximum Gasteiger partial charge on any atom is 0.256 e. The molecule has 4 aromatic rings. The predicted molar refractivity (Wildman–Crippen MR) is 112 cm³/mol. The van der Waals surface area contributed by atoms with Crippen LogP contribution in [0.5, 0.6) is 11.5 Å². The van der Waals surface area contributed by atoms with Crippen molar-refractivity contribution < 1.29 is 19.7 Å². The van der Waals surface area contributed by atoms with E-state index in [1.807, 2.05) is 12.1 Å². The number of hydrogen-bond acceptors (Lipinski definition) is 7. The number of fused-ring (bicyclic) bond motifs is 1.